The second kappa shape index (κ2) is 4.91. The fraction of sp³-hybridized carbons (Fsp3) is 0.250. The molecule has 0 unspecified atom stereocenters. The first-order valence-corrected chi connectivity index (χ1v) is 6.83. The highest BCUT2D eigenvalue weighted by Crippen LogP contribution is 2.38. The molecule has 1 nitrogen and oxygen atoms in total. The van der Waals surface area contributed by atoms with E-state index in [-0.39, 0.29) is 10.8 Å². The van der Waals surface area contributed by atoms with E-state index in [2.05, 4.69) is 0 Å². The Kier molecular flexibility index (Phi) is 3.35. The minimum absolute atomic E-state index is 0.169. The molecule has 0 aliphatic rings. The molecule has 0 saturated carbocycles. The zero-order valence-corrected chi connectivity index (χ0v) is 11.9. The topological polar surface area (TPSA) is 4.93 Å². The van der Waals surface area contributed by atoms with Gasteiger partial charge in [-0.3, -0.25) is 0 Å². The molecule has 3 rings (SSSR count). The number of hydrogen-bond acceptors (Lipinski definition) is 0. The van der Waals surface area contributed by atoms with Gasteiger partial charge in [0.25, 0.3) is 0 Å². The van der Waals surface area contributed by atoms with Crippen LogP contribution in [-0.2, 0) is 18.9 Å². The van der Waals surface area contributed by atoms with Gasteiger partial charge in [0.15, 0.2) is 0 Å². The molecular formula is C16H11F6N. The van der Waals surface area contributed by atoms with Crippen LogP contribution in [-0.4, -0.2) is 4.57 Å². The van der Waals surface area contributed by atoms with Crippen molar-refractivity contribution in [2.45, 2.75) is 25.8 Å². The predicted octanol–water partition coefficient (Wildman–Crippen LogP) is 5.85. The first-order valence-electron chi connectivity index (χ1n) is 6.83. The van der Waals surface area contributed by atoms with Crippen molar-refractivity contribution in [3.63, 3.8) is 0 Å². The molecule has 0 radical (unpaired) electrons. The van der Waals surface area contributed by atoms with Crippen molar-refractivity contribution in [1.29, 1.82) is 0 Å². The summed E-state index contributed by atoms with van der Waals surface area (Å²) < 4.78 is 79.0. The summed E-state index contributed by atoms with van der Waals surface area (Å²) in [4.78, 5) is 0. The van der Waals surface area contributed by atoms with Gasteiger partial charge in [0.1, 0.15) is 0 Å². The van der Waals surface area contributed by atoms with E-state index < -0.39 is 23.5 Å². The van der Waals surface area contributed by atoms with Gasteiger partial charge in [-0.25, -0.2) is 0 Å². The van der Waals surface area contributed by atoms with Crippen LogP contribution >= 0.6 is 0 Å². The number of fused-ring (bicyclic) bond motifs is 3. The summed E-state index contributed by atoms with van der Waals surface area (Å²) >= 11 is 0. The molecular weight excluding hydrogens is 320 g/mol. The first-order chi connectivity index (χ1) is 10.6. The Labute approximate surface area is 127 Å². The van der Waals surface area contributed by atoms with Gasteiger partial charge < -0.3 is 4.57 Å². The van der Waals surface area contributed by atoms with Crippen molar-refractivity contribution < 1.29 is 26.3 Å². The van der Waals surface area contributed by atoms with Crippen molar-refractivity contribution in [3.8, 4) is 0 Å². The average molecular weight is 331 g/mol. The Morgan fingerprint density at radius 3 is 1.43 bits per heavy atom. The second-order valence-electron chi connectivity index (χ2n) is 5.20. The molecule has 0 N–H and O–H groups in total. The summed E-state index contributed by atoms with van der Waals surface area (Å²) in [5, 5.41) is 0.338. The van der Waals surface area contributed by atoms with Crippen molar-refractivity contribution in [2.75, 3.05) is 0 Å². The normalized spacial score (nSPS) is 13.2. The van der Waals surface area contributed by atoms with Gasteiger partial charge in [-0.1, -0.05) is 0 Å². The molecule has 1 aromatic heterocycles. The first kappa shape index (κ1) is 15.7. The molecule has 0 amide bonds. The van der Waals surface area contributed by atoms with E-state index in [0.29, 0.717) is 17.6 Å². The van der Waals surface area contributed by atoms with Crippen LogP contribution in [0.5, 0.6) is 0 Å². The van der Waals surface area contributed by atoms with Gasteiger partial charge in [0.05, 0.1) is 11.1 Å². The Morgan fingerprint density at radius 2 is 1.13 bits per heavy atom. The second-order valence-corrected chi connectivity index (χ2v) is 5.20. The highest BCUT2D eigenvalue weighted by molar-refractivity contribution is 6.08. The Morgan fingerprint density at radius 1 is 0.739 bits per heavy atom. The monoisotopic (exact) mass is 331 g/mol. The van der Waals surface area contributed by atoms with Gasteiger partial charge in [-0.15, -0.1) is 0 Å². The number of aromatic nitrogens is 1. The molecule has 0 fully saturated rings. The fourth-order valence-electron chi connectivity index (χ4n) is 2.80. The maximum absolute atomic E-state index is 12.9. The molecule has 0 saturated heterocycles. The van der Waals surface area contributed by atoms with Crippen LogP contribution in [0.2, 0.25) is 0 Å². The summed E-state index contributed by atoms with van der Waals surface area (Å²) in [6, 6.07) is 6.30. The standard InChI is InChI=1S/C16H11F6N/c1-2-23-13-5-3-9(15(17,18)19)7-11(13)12-8-10(16(20,21)22)4-6-14(12)23/h3-8H,2H2,1H3. The molecule has 23 heavy (non-hydrogen) atoms. The quantitative estimate of drug-likeness (QED) is 0.493. The minimum Gasteiger partial charge on any atom is -0.341 e. The largest absolute Gasteiger partial charge is 0.416 e. The lowest BCUT2D eigenvalue weighted by Gasteiger charge is -2.07. The zero-order chi connectivity index (χ0) is 17.0. The van der Waals surface area contributed by atoms with E-state index >= 15 is 0 Å². The van der Waals surface area contributed by atoms with Crippen LogP contribution in [0.3, 0.4) is 0 Å². The Hall–Kier alpha value is -2.18. The summed E-state index contributed by atoms with van der Waals surface area (Å²) in [6.45, 7) is 2.23. The SMILES string of the molecule is CCn1c2ccc(C(F)(F)F)cc2c2cc(C(F)(F)F)ccc21. The van der Waals surface area contributed by atoms with E-state index in [1.54, 1.807) is 11.5 Å². The predicted molar refractivity (Wildman–Crippen MR) is 75.1 cm³/mol. The molecule has 0 spiro atoms. The van der Waals surface area contributed by atoms with E-state index in [9.17, 15) is 26.3 Å². The molecule has 0 atom stereocenters. The Balaban J connectivity index is 2.40. The van der Waals surface area contributed by atoms with Crippen LogP contribution in [0.4, 0.5) is 26.3 Å². The highest BCUT2D eigenvalue weighted by Gasteiger charge is 2.33. The summed E-state index contributed by atoms with van der Waals surface area (Å²) in [5.74, 6) is 0. The smallest absolute Gasteiger partial charge is 0.341 e. The third-order valence-corrected chi connectivity index (χ3v) is 3.84. The maximum atomic E-state index is 12.9. The summed E-state index contributed by atoms with van der Waals surface area (Å²) in [6.07, 6.45) is -9.09. The molecule has 2 aromatic carbocycles. The molecule has 0 aliphatic carbocycles. The van der Waals surface area contributed by atoms with Gasteiger partial charge in [0.2, 0.25) is 0 Å². The molecule has 1 heterocycles. The lowest BCUT2D eigenvalue weighted by molar-refractivity contribution is -0.138. The fourth-order valence-corrected chi connectivity index (χ4v) is 2.80. The summed E-state index contributed by atoms with van der Waals surface area (Å²) in [5.41, 5.74) is -0.792. The Bertz CT molecular complexity index is 814. The van der Waals surface area contributed by atoms with Gasteiger partial charge >= 0.3 is 12.4 Å². The van der Waals surface area contributed by atoms with Crippen LogP contribution in [0.15, 0.2) is 36.4 Å². The lowest BCUT2D eigenvalue weighted by atomic mass is 10.1. The lowest BCUT2D eigenvalue weighted by Crippen LogP contribution is -2.04. The van der Waals surface area contributed by atoms with E-state index in [0.717, 1.165) is 24.3 Å². The van der Waals surface area contributed by atoms with Crippen LogP contribution in [0.25, 0.3) is 21.8 Å². The number of halogens is 6. The minimum atomic E-state index is -4.55. The summed E-state index contributed by atoms with van der Waals surface area (Å²) in [7, 11) is 0. The molecule has 7 heteroatoms. The number of nitrogens with zero attached hydrogens (tertiary/aromatic N) is 1. The highest BCUT2D eigenvalue weighted by atomic mass is 19.4. The van der Waals surface area contributed by atoms with Crippen LogP contribution < -0.4 is 0 Å². The maximum Gasteiger partial charge on any atom is 0.416 e. The molecule has 0 bridgehead atoms. The third-order valence-electron chi connectivity index (χ3n) is 3.84. The molecule has 0 aliphatic heterocycles. The number of hydrogen-bond donors (Lipinski definition) is 0. The van der Waals surface area contributed by atoms with Gasteiger partial charge in [-0.05, 0) is 43.3 Å². The average Bonchev–Trinajstić information content (AvgIpc) is 2.77. The van der Waals surface area contributed by atoms with Crippen molar-refractivity contribution >= 4 is 21.8 Å². The van der Waals surface area contributed by atoms with Gasteiger partial charge in [-0.2, -0.15) is 26.3 Å². The van der Waals surface area contributed by atoms with Crippen LogP contribution in [0, 0.1) is 0 Å². The van der Waals surface area contributed by atoms with Crippen molar-refractivity contribution in [1.82, 2.24) is 4.57 Å². The van der Waals surface area contributed by atoms with Crippen molar-refractivity contribution in [2.24, 2.45) is 0 Å². The van der Waals surface area contributed by atoms with E-state index in [4.69, 9.17) is 0 Å². The third kappa shape index (κ3) is 2.54. The van der Waals surface area contributed by atoms with Gasteiger partial charge in [0, 0.05) is 28.4 Å². The number of alkyl halides is 6. The molecule has 122 valence electrons. The zero-order valence-electron chi connectivity index (χ0n) is 11.9. The van der Waals surface area contributed by atoms with E-state index in [1.165, 1.54) is 12.1 Å². The number of benzene rings is 2. The van der Waals surface area contributed by atoms with Crippen molar-refractivity contribution in [3.05, 3.63) is 47.5 Å². The van der Waals surface area contributed by atoms with E-state index in [1.807, 2.05) is 0 Å². The number of aryl methyl sites for hydroxylation is 1. The molecule has 3 aromatic rings. The number of rotatable bonds is 1. The van der Waals surface area contributed by atoms with Crippen LogP contribution in [0.1, 0.15) is 18.1 Å².